The number of aryl methyl sites for hydroxylation is 2. The lowest BCUT2D eigenvalue weighted by Gasteiger charge is -2.32. The van der Waals surface area contributed by atoms with Gasteiger partial charge in [0, 0.05) is 25.2 Å². The first-order valence-corrected chi connectivity index (χ1v) is 11.9. The van der Waals surface area contributed by atoms with Gasteiger partial charge < -0.3 is 5.32 Å². The highest BCUT2D eigenvalue weighted by molar-refractivity contribution is 7.89. The van der Waals surface area contributed by atoms with Crippen LogP contribution in [0, 0.1) is 33.6 Å². The number of hydrogen-bond donors (Lipinski definition) is 1. The van der Waals surface area contributed by atoms with Crippen molar-refractivity contribution in [1.29, 1.82) is 0 Å². The van der Waals surface area contributed by atoms with Gasteiger partial charge in [-0.15, -0.1) is 0 Å². The number of piperidine rings is 1. The summed E-state index contributed by atoms with van der Waals surface area (Å²) in [4.78, 5) is 17.4. The van der Waals surface area contributed by atoms with Gasteiger partial charge in [-0.05, 0) is 81.8 Å². The normalized spacial score (nSPS) is 17.0. The van der Waals surface area contributed by atoms with Gasteiger partial charge in [-0.25, -0.2) is 8.42 Å². The molecule has 1 aliphatic heterocycles. The van der Waals surface area contributed by atoms with Crippen LogP contribution in [0.2, 0.25) is 0 Å². The molecule has 0 saturated carbocycles. The summed E-state index contributed by atoms with van der Waals surface area (Å²) in [5.74, 6) is -0.229. The first-order chi connectivity index (χ1) is 14.1. The number of sulfonamides is 1. The maximum absolute atomic E-state index is 13.4. The predicted molar refractivity (Wildman–Crippen MR) is 118 cm³/mol. The molecule has 1 unspecified atom stereocenters. The molecule has 0 spiro atoms. The molecule has 1 aliphatic rings. The average molecular weight is 430 g/mol. The van der Waals surface area contributed by atoms with Crippen LogP contribution in [0.1, 0.15) is 53.8 Å². The molecule has 162 valence electrons. The summed E-state index contributed by atoms with van der Waals surface area (Å²) in [6.45, 7) is 10.2. The highest BCUT2D eigenvalue weighted by Crippen LogP contribution is 2.31. The van der Waals surface area contributed by atoms with Crippen LogP contribution in [-0.2, 0) is 14.8 Å². The molecule has 30 heavy (non-hydrogen) atoms. The molecule has 1 N–H and O–H groups in total. The van der Waals surface area contributed by atoms with Crippen molar-refractivity contribution in [2.45, 2.75) is 58.4 Å². The topological polar surface area (TPSA) is 79.4 Å². The standard InChI is InChI=1S/C23H31N3O3S/c1-15-14-16(2)18(4)22(17(15)3)30(28,29)26-12-9-20(10-13-26)23(27)25-19(5)21-8-6-7-11-24-21/h6-8,11,14,19-20H,9-10,12-13H2,1-5H3,(H,25,27). The van der Waals surface area contributed by atoms with Gasteiger partial charge >= 0.3 is 0 Å². The van der Waals surface area contributed by atoms with E-state index in [1.54, 1.807) is 6.20 Å². The Kier molecular flexibility index (Phi) is 6.62. The zero-order chi connectivity index (χ0) is 22.1. The molecule has 1 aromatic carbocycles. The van der Waals surface area contributed by atoms with E-state index in [0.717, 1.165) is 27.9 Å². The second-order valence-electron chi connectivity index (χ2n) is 8.25. The Labute approximate surface area is 179 Å². The number of rotatable bonds is 5. The largest absolute Gasteiger partial charge is 0.348 e. The third-order valence-corrected chi connectivity index (χ3v) is 8.38. The Bertz CT molecular complexity index is 1000. The van der Waals surface area contributed by atoms with Gasteiger partial charge in [0.2, 0.25) is 15.9 Å². The average Bonchev–Trinajstić information content (AvgIpc) is 2.73. The zero-order valence-corrected chi connectivity index (χ0v) is 19.2. The van der Waals surface area contributed by atoms with Crippen molar-refractivity contribution in [2.75, 3.05) is 13.1 Å². The maximum Gasteiger partial charge on any atom is 0.243 e. The van der Waals surface area contributed by atoms with E-state index >= 15 is 0 Å². The van der Waals surface area contributed by atoms with Crippen molar-refractivity contribution in [2.24, 2.45) is 5.92 Å². The number of nitrogens with zero attached hydrogens (tertiary/aromatic N) is 2. The van der Waals surface area contributed by atoms with Gasteiger partial charge in [0.1, 0.15) is 0 Å². The molecule has 0 bridgehead atoms. The second-order valence-corrected chi connectivity index (χ2v) is 10.1. The summed E-state index contributed by atoms with van der Waals surface area (Å²) in [5.41, 5.74) is 4.39. The highest BCUT2D eigenvalue weighted by atomic mass is 32.2. The third kappa shape index (κ3) is 4.42. The lowest BCUT2D eigenvalue weighted by molar-refractivity contribution is -0.126. The van der Waals surface area contributed by atoms with Crippen LogP contribution in [0.5, 0.6) is 0 Å². The Hall–Kier alpha value is -2.25. The van der Waals surface area contributed by atoms with Gasteiger partial charge in [0.25, 0.3) is 0 Å². The van der Waals surface area contributed by atoms with Gasteiger partial charge in [-0.2, -0.15) is 4.31 Å². The molecule has 3 rings (SSSR count). The molecule has 6 nitrogen and oxygen atoms in total. The number of nitrogens with one attached hydrogen (secondary N) is 1. The van der Waals surface area contributed by atoms with E-state index in [9.17, 15) is 13.2 Å². The lowest BCUT2D eigenvalue weighted by atomic mass is 9.97. The molecule has 1 atom stereocenters. The summed E-state index contributed by atoms with van der Waals surface area (Å²) in [6.07, 6.45) is 2.74. The van der Waals surface area contributed by atoms with E-state index in [1.165, 1.54) is 4.31 Å². The number of carbonyl (C=O) groups excluding carboxylic acids is 1. The van der Waals surface area contributed by atoms with Gasteiger partial charge in [-0.1, -0.05) is 12.1 Å². The van der Waals surface area contributed by atoms with Crippen LogP contribution in [-0.4, -0.2) is 36.7 Å². The minimum Gasteiger partial charge on any atom is -0.348 e. The molecule has 1 saturated heterocycles. The molecule has 0 aliphatic carbocycles. The third-order valence-electron chi connectivity index (χ3n) is 6.21. The van der Waals surface area contributed by atoms with Crippen LogP contribution in [0.25, 0.3) is 0 Å². The first-order valence-electron chi connectivity index (χ1n) is 10.4. The molecule has 0 radical (unpaired) electrons. The van der Waals surface area contributed by atoms with Crippen LogP contribution >= 0.6 is 0 Å². The van der Waals surface area contributed by atoms with Gasteiger partial charge in [0.15, 0.2) is 0 Å². The van der Waals surface area contributed by atoms with E-state index in [4.69, 9.17) is 0 Å². The highest BCUT2D eigenvalue weighted by Gasteiger charge is 2.34. The number of pyridine rings is 1. The Morgan fingerprint density at radius 3 is 2.23 bits per heavy atom. The van der Waals surface area contributed by atoms with E-state index in [-0.39, 0.29) is 17.9 Å². The summed E-state index contributed by atoms with van der Waals surface area (Å²) >= 11 is 0. The Morgan fingerprint density at radius 1 is 1.10 bits per heavy atom. The van der Waals surface area contributed by atoms with Gasteiger partial charge in [-0.3, -0.25) is 9.78 Å². The SMILES string of the molecule is Cc1cc(C)c(C)c(S(=O)(=O)N2CCC(C(=O)NC(C)c3ccccn3)CC2)c1C. The summed E-state index contributed by atoms with van der Waals surface area (Å²) in [7, 11) is -3.59. The van der Waals surface area contributed by atoms with Crippen LogP contribution in [0.4, 0.5) is 0 Å². The minimum absolute atomic E-state index is 0.0380. The fraction of sp³-hybridized carbons (Fsp3) is 0.478. The second kappa shape index (κ2) is 8.86. The lowest BCUT2D eigenvalue weighted by Crippen LogP contribution is -2.43. The summed E-state index contributed by atoms with van der Waals surface area (Å²) in [5, 5.41) is 3.01. The molecule has 2 heterocycles. The zero-order valence-electron chi connectivity index (χ0n) is 18.4. The van der Waals surface area contributed by atoms with E-state index < -0.39 is 10.0 Å². The molecule has 1 fully saturated rings. The molecule has 7 heteroatoms. The quantitative estimate of drug-likeness (QED) is 0.788. The van der Waals surface area contributed by atoms with Crippen molar-refractivity contribution in [3.63, 3.8) is 0 Å². The van der Waals surface area contributed by atoms with Crippen molar-refractivity contribution >= 4 is 15.9 Å². The smallest absolute Gasteiger partial charge is 0.243 e. The number of carbonyl (C=O) groups is 1. The number of benzene rings is 1. The molecular weight excluding hydrogens is 398 g/mol. The summed E-state index contributed by atoms with van der Waals surface area (Å²) < 4.78 is 28.3. The van der Waals surface area contributed by atoms with Crippen molar-refractivity contribution in [3.05, 3.63) is 58.4 Å². The Morgan fingerprint density at radius 2 is 1.70 bits per heavy atom. The van der Waals surface area contributed by atoms with Crippen LogP contribution in [0.15, 0.2) is 35.4 Å². The Balaban J connectivity index is 1.69. The van der Waals surface area contributed by atoms with E-state index in [1.807, 2.05) is 58.9 Å². The monoisotopic (exact) mass is 429 g/mol. The van der Waals surface area contributed by atoms with Crippen molar-refractivity contribution in [3.8, 4) is 0 Å². The van der Waals surface area contributed by atoms with Crippen molar-refractivity contribution in [1.82, 2.24) is 14.6 Å². The van der Waals surface area contributed by atoms with Gasteiger partial charge in [0.05, 0.1) is 16.6 Å². The number of amides is 1. The number of hydrogen-bond acceptors (Lipinski definition) is 4. The number of aromatic nitrogens is 1. The first kappa shape index (κ1) is 22.4. The van der Waals surface area contributed by atoms with Crippen molar-refractivity contribution < 1.29 is 13.2 Å². The van der Waals surface area contributed by atoms with E-state index in [2.05, 4.69) is 10.3 Å². The minimum atomic E-state index is -3.59. The molecular formula is C23H31N3O3S. The molecule has 2 aromatic rings. The predicted octanol–water partition coefficient (Wildman–Crippen LogP) is 3.59. The van der Waals surface area contributed by atoms with E-state index in [0.29, 0.717) is 30.8 Å². The van der Waals surface area contributed by atoms with Crippen LogP contribution in [0.3, 0.4) is 0 Å². The molecule has 1 amide bonds. The molecule has 1 aromatic heterocycles. The maximum atomic E-state index is 13.4. The van der Waals surface area contributed by atoms with Crippen LogP contribution < -0.4 is 5.32 Å². The fourth-order valence-electron chi connectivity index (χ4n) is 4.09. The summed E-state index contributed by atoms with van der Waals surface area (Å²) in [6, 6.07) is 7.47. The fourth-order valence-corrected chi connectivity index (χ4v) is 6.14.